The standard InChI is InChI=1S/C15H13ClN2O3S/c16-11-4-2-1-3-10(11)12-8-22-15(17-12)18-13(19)7-21-14(20)9-5-6-9/h1-4,8-9H,5-7H2,(H,17,18,19). The lowest BCUT2D eigenvalue weighted by Gasteiger charge is -2.03. The Labute approximate surface area is 136 Å². The summed E-state index contributed by atoms with van der Waals surface area (Å²) in [6.45, 7) is -0.281. The van der Waals surface area contributed by atoms with E-state index in [0.29, 0.717) is 15.8 Å². The van der Waals surface area contributed by atoms with Gasteiger partial charge in [0.2, 0.25) is 0 Å². The molecule has 0 spiro atoms. The lowest BCUT2D eigenvalue weighted by atomic mass is 10.2. The van der Waals surface area contributed by atoms with Crippen LogP contribution in [0.2, 0.25) is 5.02 Å². The minimum absolute atomic E-state index is 0.0144. The van der Waals surface area contributed by atoms with Crippen molar-refractivity contribution >= 4 is 39.9 Å². The fourth-order valence-corrected chi connectivity index (χ4v) is 2.81. The minimum atomic E-state index is -0.394. The summed E-state index contributed by atoms with van der Waals surface area (Å²) in [4.78, 5) is 27.4. The summed E-state index contributed by atoms with van der Waals surface area (Å²) in [5.74, 6) is -0.709. The molecule has 1 aliphatic rings. The van der Waals surface area contributed by atoms with Gasteiger partial charge in [0.25, 0.3) is 5.91 Å². The largest absolute Gasteiger partial charge is 0.455 e. The molecule has 1 heterocycles. The van der Waals surface area contributed by atoms with E-state index in [1.807, 2.05) is 23.6 Å². The van der Waals surface area contributed by atoms with Gasteiger partial charge in [0.05, 0.1) is 11.6 Å². The highest BCUT2D eigenvalue weighted by Gasteiger charge is 2.31. The number of halogens is 1. The van der Waals surface area contributed by atoms with Crippen molar-refractivity contribution in [3.8, 4) is 11.3 Å². The first-order chi connectivity index (χ1) is 10.6. The molecule has 0 aliphatic heterocycles. The highest BCUT2D eigenvalue weighted by molar-refractivity contribution is 7.14. The summed E-state index contributed by atoms with van der Waals surface area (Å²) in [6, 6.07) is 7.36. The molecule has 2 aromatic rings. The van der Waals surface area contributed by atoms with E-state index in [1.54, 1.807) is 6.07 Å². The second kappa shape index (κ2) is 6.46. The number of aromatic nitrogens is 1. The van der Waals surface area contributed by atoms with Crippen LogP contribution in [-0.4, -0.2) is 23.5 Å². The average molecular weight is 337 g/mol. The van der Waals surface area contributed by atoms with Crippen LogP contribution in [0.15, 0.2) is 29.6 Å². The molecule has 1 aromatic heterocycles. The van der Waals surface area contributed by atoms with Crippen LogP contribution in [0.3, 0.4) is 0 Å². The SMILES string of the molecule is O=C(COC(=O)C1CC1)Nc1nc(-c2ccccc2Cl)cs1. The molecule has 1 fully saturated rings. The molecule has 0 bridgehead atoms. The van der Waals surface area contributed by atoms with Crippen molar-refractivity contribution in [1.29, 1.82) is 0 Å². The van der Waals surface area contributed by atoms with Gasteiger partial charge in [0.1, 0.15) is 0 Å². The Morgan fingerprint density at radius 3 is 2.86 bits per heavy atom. The maximum Gasteiger partial charge on any atom is 0.309 e. The van der Waals surface area contributed by atoms with Crippen LogP contribution in [-0.2, 0) is 14.3 Å². The van der Waals surface area contributed by atoms with Gasteiger partial charge in [0.15, 0.2) is 11.7 Å². The van der Waals surface area contributed by atoms with Gasteiger partial charge in [0, 0.05) is 16.0 Å². The molecule has 22 heavy (non-hydrogen) atoms. The van der Waals surface area contributed by atoms with E-state index in [4.69, 9.17) is 16.3 Å². The Morgan fingerprint density at radius 2 is 2.14 bits per heavy atom. The Balaban J connectivity index is 1.58. The van der Waals surface area contributed by atoms with Crippen molar-refractivity contribution in [2.45, 2.75) is 12.8 Å². The summed E-state index contributed by atoms with van der Waals surface area (Å²) in [5.41, 5.74) is 1.50. The van der Waals surface area contributed by atoms with Crippen molar-refractivity contribution in [2.75, 3.05) is 11.9 Å². The number of rotatable bonds is 5. The van der Waals surface area contributed by atoms with E-state index in [2.05, 4.69) is 10.3 Å². The van der Waals surface area contributed by atoms with Gasteiger partial charge in [-0.3, -0.25) is 14.9 Å². The van der Waals surface area contributed by atoms with Crippen LogP contribution < -0.4 is 5.32 Å². The summed E-state index contributed by atoms with van der Waals surface area (Å²) in [6.07, 6.45) is 1.71. The zero-order valence-corrected chi connectivity index (χ0v) is 13.1. The monoisotopic (exact) mass is 336 g/mol. The van der Waals surface area contributed by atoms with Gasteiger partial charge in [-0.1, -0.05) is 29.8 Å². The number of hydrogen-bond acceptors (Lipinski definition) is 5. The fourth-order valence-electron chi connectivity index (χ4n) is 1.85. The Hall–Kier alpha value is -1.92. The Kier molecular flexibility index (Phi) is 4.40. The second-order valence-corrected chi connectivity index (χ2v) is 6.21. The van der Waals surface area contributed by atoms with Gasteiger partial charge in [-0.2, -0.15) is 0 Å². The first kappa shape index (κ1) is 15.0. The highest BCUT2D eigenvalue weighted by atomic mass is 35.5. The Morgan fingerprint density at radius 1 is 1.36 bits per heavy atom. The first-order valence-corrected chi connectivity index (χ1v) is 8.06. The van der Waals surface area contributed by atoms with E-state index >= 15 is 0 Å². The zero-order valence-electron chi connectivity index (χ0n) is 11.5. The number of nitrogens with one attached hydrogen (secondary N) is 1. The molecule has 0 atom stereocenters. The highest BCUT2D eigenvalue weighted by Crippen LogP contribution is 2.31. The van der Waals surface area contributed by atoms with Crippen molar-refractivity contribution in [1.82, 2.24) is 4.98 Å². The lowest BCUT2D eigenvalue weighted by molar-refractivity contribution is -0.148. The quantitative estimate of drug-likeness (QED) is 0.850. The van der Waals surface area contributed by atoms with Crippen LogP contribution in [0.1, 0.15) is 12.8 Å². The molecule has 1 amide bonds. The normalized spacial score (nSPS) is 13.7. The summed E-state index contributed by atoms with van der Waals surface area (Å²) in [5, 5.41) is 5.47. The van der Waals surface area contributed by atoms with Crippen molar-refractivity contribution in [3.05, 3.63) is 34.7 Å². The third kappa shape index (κ3) is 3.64. The average Bonchev–Trinajstić information content (AvgIpc) is 3.26. The number of hydrogen-bond donors (Lipinski definition) is 1. The summed E-state index contributed by atoms with van der Waals surface area (Å²) in [7, 11) is 0. The van der Waals surface area contributed by atoms with Crippen LogP contribution in [0, 0.1) is 5.92 Å². The molecule has 1 N–H and O–H groups in total. The maximum absolute atomic E-state index is 11.7. The van der Waals surface area contributed by atoms with Crippen molar-refractivity contribution in [3.63, 3.8) is 0 Å². The van der Waals surface area contributed by atoms with E-state index in [0.717, 1.165) is 18.4 Å². The molecule has 3 rings (SSSR count). The fraction of sp³-hybridized carbons (Fsp3) is 0.267. The van der Waals surface area contributed by atoms with E-state index in [-0.39, 0.29) is 18.5 Å². The molecule has 0 unspecified atom stereocenters. The molecule has 1 aromatic carbocycles. The third-order valence-electron chi connectivity index (χ3n) is 3.16. The minimum Gasteiger partial charge on any atom is -0.455 e. The van der Waals surface area contributed by atoms with Crippen LogP contribution >= 0.6 is 22.9 Å². The van der Waals surface area contributed by atoms with Crippen LogP contribution in [0.4, 0.5) is 5.13 Å². The third-order valence-corrected chi connectivity index (χ3v) is 4.24. The van der Waals surface area contributed by atoms with Crippen LogP contribution in [0.5, 0.6) is 0 Å². The molecular formula is C15H13ClN2O3S. The topological polar surface area (TPSA) is 68.3 Å². The molecule has 7 heteroatoms. The number of carbonyl (C=O) groups is 2. The van der Waals surface area contributed by atoms with E-state index in [1.165, 1.54) is 11.3 Å². The number of amides is 1. The number of ether oxygens (including phenoxy) is 1. The van der Waals surface area contributed by atoms with Crippen LogP contribution in [0.25, 0.3) is 11.3 Å². The molecule has 5 nitrogen and oxygen atoms in total. The molecular weight excluding hydrogens is 324 g/mol. The number of nitrogens with zero attached hydrogens (tertiary/aromatic N) is 1. The summed E-state index contributed by atoms with van der Waals surface area (Å²) < 4.78 is 4.92. The molecule has 114 valence electrons. The predicted molar refractivity (Wildman–Crippen MR) is 84.9 cm³/mol. The summed E-state index contributed by atoms with van der Waals surface area (Å²) >= 11 is 7.41. The maximum atomic E-state index is 11.7. The lowest BCUT2D eigenvalue weighted by Crippen LogP contribution is -2.21. The van der Waals surface area contributed by atoms with E-state index < -0.39 is 5.91 Å². The number of esters is 1. The van der Waals surface area contributed by atoms with Crippen molar-refractivity contribution in [2.24, 2.45) is 5.92 Å². The van der Waals surface area contributed by atoms with Gasteiger partial charge in [-0.25, -0.2) is 4.98 Å². The van der Waals surface area contributed by atoms with Gasteiger partial charge in [-0.15, -0.1) is 11.3 Å². The molecule has 0 radical (unpaired) electrons. The predicted octanol–water partition coefficient (Wildman–Crippen LogP) is 3.36. The first-order valence-electron chi connectivity index (χ1n) is 6.80. The molecule has 0 saturated heterocycles. The van der Waals surface area contributed by atoms with Gasteiger partial charge < -0.3 is 4.74 Å². The number of thiazole rings is 1. The molecule has 1 saturated carbocycles. The number of carbonyl (C=O) groups excluding carboxylic acids is 2. The van der Waals surface area contributed by atoms with Gasteiger partial charge >= 0.3 is 5.97 Å². The number of benzene rings is 1. The smallest absolute Gasteiger partial charge is 0.309 e. The zero-order chi connectivity index (χ0) is 15.5. The van der Waals surface area contributed by atoms with Gasteiger partial charge in [-0.05, 0) is 18.9 Å². The molecule has 1 aliphatic carbocycles. The second-order valence-electron chi connectivity index (χ2n) is 4.95. The van der Waals surface area contributed by atoms with E-state index in [9.17, 15) is 9.59 Å². The van der Waals surface area contributed by atoms with Crippen molar-refractivity contribution < 1.29 is 14.3 Å². The number of anilines is 1. The Bertz CT molecular complexity index is 712.